The van der Waals surface area contributed by atoms with E-state index >= 15 is 0 Å². The van der Waals surface area contributed by atoms with E-state index in [-0.39, 0.29) is 5.56 Å². The Bertz CT molecular complexity index is 570. The lowest BCUT2D eigenvalue weighted by molar-refractivity contribution is 0.511. The highest BCUT2D eigenvalue weighted by molar-refractivity contribution is 5.70. The normalized spacial score (nSPS) is 9.81. The van der Waals surface area contributed by atoms with Gasteiger partial charge in [0.1, 0.15) is 0 Å². The first-order chi connectivity index (χ1) is 7.74. The molecule has 0 atom stereocenters. The van der Waals surface area contributed by atoms with Crippen molar-refractivity contribution in [3.8, 4) is 17.2 Å². The van der Waals surface area contributed by atoms with Crippen LogP contribution in [0, 0.1) is 23.0 Å². The van der Waals surface area contributed by atoms with Gasteiger partial charge in [0, 0.05) is 11.1 Å². The van der Waals surface area contributed by atoms with E-state index in [1.807, 2.05) is 6.07 Å². The minimum atomic E-state index is -0.926. The van der Waals surface area contributed by atoms with Gasteiger partial charge < -0.3 is 0 Å². The van der Waals surface area contributed by atoms with Crippen molar-refractivity contribution >= 4 is 0 Å². The average Bonchev–Trinajstić information content (AvgIpc) is 2.33. The van der Waals surface area contributed by atoms with Crippen LogP contribution < -0.4 is 0 Å². The summed E-state index contributed by atoms with van der Waals surface area (Å²) in [5.41, 5.74) is 0.839. The Kier molecular flexibility index (Phi) is 2.65. The molecule has 0 unspecified atom stereocenters. The summed E-state index contributed by atoms with van der Waals surface area (Å²) in [6.45, 7) is 0. The zero-order valence-corrected chi connectivity index (χ0v) is 8.24. The van der Waals surface area contributed by atoms with Crippen molar-refractivity contribution in [1.82, 2.24) is 0 Å². The average molecular weight is 215 g/mol. The van der Waals surface area contributed by atoms with Gasteiger partial charge in [0.25, 0.3) is 0 Å². The molecule has 0 spiro atoms. The molecular weight excluding hydrogens is 208 g/mol. The lowest BCUT2D eigenvalue weighted by Crippen LogP contribution is -1.91. The molecular formula is C13H7F2N. The van der Waals surface area contributed by atoms with Crippen molar-refractivity contribution in [2.24, 2.45) is 0 Å². The number of halogens is 2. The van der Waals surface area contributed by atoms with Gasteiger partial charge in [-0.25, -0.2) is 8.78 Å². The van der Waals surface area contributed by atoms with Gasteiger partial charge in [-0.05, 0) is 12.1 Å². The van der Waals surface area contributed by atoms with E-state index in [0.29, 0.717) is 11.1 Å². The minimum absolute atomic E-state index is 0.108. The van der Waals surface area contributed by atoms with Crippen molar-refractivity contribution in [3.63, 3.8) is 0 Å². The van der Waals surface area contributed by atoms with Crippen molar-refractivity contribution < 1.29 is 8.78 Å². The largest absolute Gasteiger partial charge is 0.204 e. The summed E-state index contributed by atoms with van der Waals surface area (Å²) in [6, 6.07) is 12.4. The SMILES string of the molecule is N#Cc1ccccc1-c1cccc(F)c1F. The summed E-state index contributed by atoms with van der Waals surface area (Å²) < 4.78 is 26.6. The molecule has 0 fully saturated rings. The topological polar surface area (TPSA) is 23.8 Å². The minimum Gasteiger partial charge on any atom is -0.204 e. The van der Waals surface area contributed by atoms with Crippen LogP contribution in [0.25, 0.3) is 11.1 Å². The highest BCUT2D eigenvalue weighted by Gasteiger charge is 2.12. The lowest BCUT2D eigenvalue weighted by Gasteiger charge is -2.05. The van der Waals surface area contributed by atoms with Gasteiger partial charge in [0.15, 0.2) is 11.6 Å². The highest BCUT2D eigenvalue weighted by Crippen LogP contribution is 2.26. The molecule has 0 heterocycles. The van der Waals surface area contributed by atoms with Crippen LogP contribution in [0.2, 0.25) is 0 Å². The molecule has 0 aliphatic carbocycles. The molecule has 0 N–H and O–H groups in total. The fourth-order valence-corrected chi connectivity index (χ4v) is 1.53. The third-order valence-corrected chi connectivity index (χ3v) is 2.29. The highest BCUT2D eigenvalue weighted by atomic mass is 19.2. The van der Waals surface area contributed by atoms with Gasteiger partial charge in [-0.3, -0.25) is 0 Å². The van der Waals surface area contributed by atoms with Crippen LogP contribution in [0.4, 0.5) is 8.78 Å². The molecule has 2 aromatic rings. The standard InChI is InChI=1S/C13H7F2N/c14-12-7-3-6-11(13(12)15)10-5-2-1-4-9(10)8-16/h1-7H. The number of rotatable bonds is 1. The van der Waals surface area contributed by atoms with Crippen LogP contribution in [0.5, 0.6) is 0 Å². The summed E-state index contributed by atoms with van der Waals surface area (Å²) in [6.07, 6.45) is 0. The molecule has 1 nitrogen and oxygen atoms in total. The van der Waals surface area contributed by atoms with E-state index in [1.54, 1.807) is 24.3 Å². The first-order valence-corrected chi connectivity index (χ1v) is 4.67. The van der Waals surface area contributed by atoms with Crippen LogP contribution in [0.1, 0.15) is 5.56 Å². The summed E-state index contributed by atoms with van der Waals surface area (Å²) in [5, 5.41) is 8.87. The summed E-state index contributed by atoms with van der Waals surface area (Å²) in [7, 11) is 0. The second kappa shape index (κ2) is 4.11. The lowest BCUT2D eigenvalue weighted by atomic mass is 10.00. The molecule has 0 aromatic heterocycles. The number of hydrogen-bond donors (Lipinski definition) is 0. The second-order valence-corrected chi connectivity index (χ2v) is 3.26. The zero-order valence-electron chi connectivity index (χ0n) is 8.24. The molecule has 0 amide bonds. The second-order valence-electron chi connectivity index (χ2n) is 3.26. The van der Waals surface area contributed by atoms with E-state index in [4.69, 9.17) is 5.26 Å². The van der Waals surface area contributed by atoms with Crippen molar-refractivity contribution in [2.75, 3.05) is 0 Å². The maximum Gasteiger partial charge on any atom is 0.166 e. The monoisotopic (exact) mass is 215 g/mol. The number of hydrogen-bond acceptors (Lipinski definition) is 1. The van der Waals surface area contributed by atoms with E-state index in [1.165, 1.54) is 12.1 Å². The molecule has 0 aliphatic rings. The van der Waals surface area contributed by atoms with Gasteiger partial charge in [0.05, 0.1) is 11.6 Å². The first kappa shape index (κ1) is 10.3. The molecule has 3 heteroatoms. The Morgan fingerprint density at radius 3 is 2.31 bits per heavy atom. The van der Waals surface area contributed by atoms with E-state index in [0.717, 1.165) is 6.07 Å². The molecule has 16 heavy (non-hydrogen) atoms. The van der Waals surface area contributed by atoms with Crippen LogP contribution >= 0.6 is 0 Å². The summed E-state index contributed by atoms with van der Waals surface area (Å²) in [4.78, 5) is 0. The van der Waals surface area contributed by atoms with Gasteiger partial charge in [-0.2, -0.15) is 5.26 Å². The Labute approximate surface area is 91.6 Å². The van der Waals surface area contributed by atoms with E-state index in [9.17, 15) is 8.78 Å². The quantitative estimate of drug-likeness (QED) is 0.714. The maximum absolute atomic E-state index is 13.5. The molecule has 0 saturated carbocycles. The van der Waals surface area contributed by atoms with Crippen LogP contribution in [-0.4, -0.2) is 0 Å². The summed E-state index contributed by atoms with van der Waals surface area (Å²) >= 11 is 0. The van der Waals surface area contributed by atoms with Crippen LogP contribution in [0.15, 0.2) is 42.5 Å². The van der Waals surface area contributed by atoms with E-state index in [2.05, 4.69) is 0 Å². The van der Waals surface area contributed by atoms with Gasteiger partial charge >= 0.3 is 0 Å². The Morgan fingerprint density at radius 2 is 1.56 bits per heavy atom. The first-order valence-electron chi connectivity index (χ1n) is 4.67. The van der Waals surface area contributed by atoms with Gasteiger partial charge in [-0.1, -0.05) is 30.3 Å². The van der Waals surface area contributed by atoms with Crippen molar-refractivity contribution in [1.29, 1.82) is 5.26 Å². The number of nitrogens with zero attached hydrogens (tertiary/aromatic N) is 1. The maximum atomic E-state index is 13.5. The smallest absolute Gasteiger partial charge is 0.166 e. The Hall–Kier alpha value is -2.21. The summed E-state index contributed by atoms with van der Waals surface area (Å²) in [5.74, 6) is -1.84. The number of nitriles is 1. The van der Waals surface area contributed by atoms with E-state index < -0.39 is 11.6 Å². The fourth-order valence-electron chi connectivity index (χ4n) is 1.53. The molecule has 0 bridgehead atoms. The molecule has 2 aromatic carbocycles. The molecule has 0 aliphatic heterocycles. The van der Waals surface area contributed by atoms with Crippen molar-refractivity contribution in [2.45, 2.75) is 0 Å². The third kappa shape index (κ3) is 1.66. The van der Waals surface area contributed by atoms with Crippen molar-refractivity contribution in [3.05, 3.63) is 59.7 Å². The molecule has 78 valence electrons. The molecule has 2 rings (SSSR count). The molecule has 0 radical (unpaired) electrons. The predicted molar refractivity (Wildman–Crippen MR) is 56.5 cm³/mol. The molecule has 0 saturated heterocycles. The van der Waals surface area contributed by atoms with Crippen LogP contribution in [-0.2, 0) is 0 Å². The van der Waals surface area contributed by atoms with Gasteiger partial charge in [0.2, 0.25) is 0 Å². The number of benzene rings is 2. The van der Waals surface area contributed by atoms with Gasteiger partial charge in [-0.15, -0.1) is 0 Å². The fraction of sp³-hybridized carbons (Fsp3) is 0. The third-order valence-electron chi connectivity index (χ3n) is 2.29. The Balaban J connectivity index is 2.69. The Morgan fingerprint density at radius 1 is 0.875 bits per heavy atom. The van der Waals surface area contributed by atoms with Crippen LogP contribution in [0.3, 0.4) is 0 Å². The zero-order chi connectivity index (χ0) is 11.5. The predicted octanol–water partition coefficient (Wildman–Crippen LogP) is 3.50.